The summed E-state index contributed by atoms with van der Waals surface area (Å²) in [6.45, 7) is 11.4. The largest absolute Gasteiger partial charge is 0.481 e. The van der Waals surface area contributed by atoms with Gasteiger partial charge >= 0.3 is 5.97 Å². The van der Waals surface area contributed by atoms with Crippen LogP contribution in [0.1, 0.15) is 115 Å². The summed E-state index contributed by atoms with van der Waals surface area (Å²) < 4.78 is 106. The zero-order chi connectivity index (χ0) is 47.5. The number of unbranched alkanes of at least 4 members (excludes halogenated alkanes) is 4. The highest BCUT2D eigenvalue weighted by Gasteiger charge is 2.48. The van der Waals surface area contributed by atoms with Crippen molar-refractivity contribution < 1.29 is 53.4 Å². The molecule has 0 fully saturated rings. The van der Waals surface area contributed by atoms with E-state index >= 15 is 0 Å². The third-order valence-electron chi connectivity index (χ3n) is 13.1. The molecule has 0 saturated heterocycles. The second-order valence-electron chi connectivity index (χ2n) is 17.8. The molecule has 16 heteroatoms. The second-order valence-corrected chi connectivity index (χ2v) is 22.1. The number of hydrogen-bond acceptors (Lipinski definition) is 8. The number of nitrogens with zero attached hydrogens (tertiary/aromatic N) is 2. The van der Waals surface area contributed by atoms with Gasteiger partial charge in [-0.15, -0.1) is 0 Å². The number of rotatable bonds is 21. The Labute approximate surface area is 383 Å². The molecule has 4 N–H and O–H groups in total. The Balaban J connectivity index is 1.48. The number of carboxylic acid groups (broad SMARTS) is 1. The SMILES string of the molecule is CCCCCN1C(=CC=CC=CC2=[N+](CCCCCC(=O)O)c3ccc4c(S(=O)(=O)O)cccc4c3C2(C)CCC)C(C)(CCCS(=O)(=O)O)c2c1ccc1c(C)cc(S(=O)(=O)O)cc21. The van der Waals surface area contributed by atoms with Gasteiger partial charge in [-0.3, -0.25) is 18.5 Å². The van der Waals surface area contributed by atoms with Gasteiger partial charge in [-0.05, 0) is 123 Å². The highest BCUT2D eigenvalue weighted by Crippen LogP contribution is 2.54. The van der Waals surface area contributed by atoms with Gasteiger partial charge in [0.15, 0.2) is 5.71 Å². The summed E-state index contributed by atoms with van der Waals surface area (Å²) in [7, 11) is -13.4. The van der Waals surface area contributed by atoms with Crippen molar-refractivity contribution in [1.29, 1.82) is 0 Å². The van der Waals surface area contributed by atoms with Crippen molar-refractivity contribution in [3.05, 3.63) is 107 Å². The zero-order valence-corrected chi connectivity index (χ0v) is 40.2. The summed E-state index contributed by atoms with van der Waals surface area (Å²) in [5, 5.41) is 11.8. The molecule has 13 nitrogen and oxygen atoms in total. The van der Waals surface area contributed by atoms with Crippen molar-refractivity contribution in [3.63, 3.8) is 0 Å². The van der Waals surface area contributed by atoms with E-state index in [1.807, 2.05) is 55.5 Å². The van der Waals surface area contributed by atoms with Gasteiger partial charge in [0, 0.05) is 59.3 Å². The third-order valence-corrected chi connectivity index (χ3v) is 15.6. The van der Waals surface area contributed by atoms with Crippen molar-refractivity contribution in [2.24, 2.45) is 0 Å². The molecule has 0 amide bonds. The predicted octanol–water partition coefficient (Wildman–Crippen LogP) is 10.2. The fourth-order valence-corrected chi connectivity index (χ4v) is 12.0. The van der Waals surface area contributed by atoms with E-state index in [4.69, 9.17) is 0 Å². The minimum absolute atomic E-state index is 0.0755. The van der Waals surface area contributed by atoms with Gasteiger partial charge in [-0.1, -0.05) is 69.5 Å². The number of benzene rings is 4. The summed E-state index contributed by atoms with van der Waals surface area (Å²) >= 11 is 0. The monoisotopic (exact) mass is 949 g/mol. The van der Waals surface area contributed by atoms with Gasteiger partial charge in [0.1, 0.15) is 11.4 Å². The Morgan fingerprint density at radius 2 is 1.46 bits per heavy atom. The number of aliphatic carboxylic acids is 1. The molecule has 0 aromatic heterocycles. The maximum absolute atomic E-state index is 12.5. The summed E-state index contributed by atoms with van der Waals surface area (Å²) in [4.78, 5) is 13.1. The van der Waals surface area contributed by atoms with E-state index in [9.17, 15) is 48.8 Å². The van der Waals surface area contributed by atoms with Crippen LogP contribution >= 0.6 is 0 Å². The van der Waals surface area contributed by atoms with Crippen molar-refractivity contribution >= 4 is 75.0 Å². The molecule has 0 radical (unpaired) electrons. The van der Waals surface area contributed by atoms with E-state index < -0.39 is 52.9 Å². The first-order valence-corrected chi connectivity index (χ1v) is 26.8. The Morgan fingerprint density at radius 1 is 0.723 bits per heavy atom. The highest BCUT2D eigenvalue weighted by molar-refractivity contribution is 7.86. The van der Waals surface area contributed by atoms with Crippen LogP contribution in [-0.4, -0.2) is 79.1 Å². The lowest BCUT2D eigenvalue weighted by atomic mass is 9.74. The first-order chi connectivity index (χ1) is 30.6. The fraction of sp³-hybridized carbons (Fsp3) is 0.429. The van der Waals surface area contributed by atoms with Gasteiger partial charge < -0.3 is 10.0 Å². The Kier molecular flexibility index (Phi) is 15.0. The van der Waals surface area contributed by atoms with E-state index in [1.165, 1.54) is 18.2 Å². The lowest BCUT2D eigenvalue weighted by Gasteiger charge is -2.31. The Hall–Kier alpha value is -4.71. The molecular weight excluding hydrogens is 889 g/mol. The first kappa shape index (κ1) is 49.7. The number of anilines is 1. The summed E-state index contributed by atoms with van der Waals surface area (Å²) in [5.41, 5.74) is 4.59. The molecule has 2 atom stereocenters. The van der Waals surface area contributed by atoms with Gasteiger partial charge in [-0.25, -0.2) is 0 Å². The maximum atomic E-state index is 12.5. The molecule has 2 aliphatic heterocycles. The lowest BCUT2D eigenvalue weighted by molar-refractivity contribution is -0.438. The van der Waals surface area contributed by atoms with E-state index in [0.29, 0.717) is 55.1 Å². The van der Waals surface area contributed by atoms with Crippen LogP contribution in [0.5, 0.6) is 0 Å². The minimum atomic E-state index is -4.56. The van der Waals surface area contributed by atoms with Crippen LogP contribution in [0.4, 0.5) is 11.4 Å². The second kappa shape index (κ2) is 19.6. The average molecular weight is 950 g/mol. The fourth-order valence-electron chi connectivity index (χ4n) is 10.2. The van der Waals surface area contributed by atoms with E-state index in [2.05, 4.69) is 36.3 Å². The Morgan fingerprint density at radius 3 is 2.12 bits per heavy atom. The summed E-state index contributed by atoms with van der Waals surface area (Å²) in [6.07, 6.45) is 16.6. The smallest absolute Gasteiger partial charge is 0.303 e. The van der Waals surface area contributed by atoms with Crippen molar-refractivity contribution in [2.75, 3.05) is 23.7 Å². The number of carboxylic acids is 1. The van der Waals surface area contributed by atoms with E-state index in [1.54, 1.807) is 19.1 Å². The topological polar surface area (TPSA) is 207 Å². The molecule has 0 saturated carbocycles. The number of carbonyl (C=O) groups is 1. The van der Waals surface area contributed by atoms with Crippen LogP contribution < -0.4 is 4.90 Å². The molecule has 0 spiro atoms. The Bertz CT molecular complexity index is 2970. The van der Waals surface area contributed by atoms with Gasteiger partial charge in [0.2, 0.25) is 5.69 Å². The molecule has 2 aliphatic rings. The maximum Gasteiger partial charge on any atom is 0.303 e. The number of allylic oxidation sites excluding steroid dienone is 6. The minimum Gasteiger partial charge on any atom is -0.481 e. The van der Waals surface area contributed by atoms with E-state index in [-0.39, 0.29) is 22.6 Å². The van der Waals surface area contributed by atoms with E-state index in [0.717, 1.165) is 76.8 Å². The number of fused-ring (bicyclic) bond motifs is 6. The quantitative estimate of drug-likeness (QED) is 0.0266. The molecule has 65 heavy (non-hydrogen) atoms. The highest BCUT2D eigenvalue weighted by atomic mass is 32.2. The van der Waals surface area contributed by atoms with Crippen LogP contribution in [0.25, 0.3) is 21.5 Å². The molecule has 4 aromatic rings. The van der Waals surface area contributed by atoms with Crippen molar-refractivity contribution in [1.82, 2.24) is 0 Å². The average Bonchev–Trinajstić information content (AvgIpc) is 3.59. The number of aryl methyl sites for hydroxylation is 1. The molecule has 6 rings (SSSR count). The standard InChI is InChI=1S/C49H60N2O11S3/c1-6-8-14-29-50-41-25-23-36-34(3)32-35(64(57,58)59)33-39(36)47(41)49(5,28-17-31-63(54,55)56)44(50)21-12-9-11-20-43-48(4,27-7-2)46-38-18-16-19-42(65(60,61)62)37(38)24-26-40(46)51(43)30-15-10-13-22-45(52)53/h9,11-12,16,18-21,23-26,32-33H,6-8,10,13-15,17,22,27-31H2,1-5H3,(H3-,52,53,54,55,56,57,58,59,60,61,62)/p+1. The van der Waals surface area contributed by atoms with Crippen molar-refractivity contribution in [3.8, 4) is 0 Å². The van der Waals surface area contributed by atoms with Crippen LogP contribution in [0.15, 0.2) is 100 Å². The van der Waals surface area contributed by atoms with Gasteiger partial charge in [0.25, 0.3) is 30.4 Å². The third kappa shape index (κ3) is 10.5. The van der Waals surface area contributed by atoms with Gasteiger partial charge in [-0.2, -0.15) is 29.8 Å². The molecule has 0 bridgehead atoms. The molecular formula is C49H61N2O11S3+. The van der Waals surface area contributed by atoms with Crippen LogP contribution in [-0.2, 0) is 46.0 Å². The van der Waals surface area contributed by atoms with Crippen LogP contribution in [0, 0.1) is 6.92 Å². The van der Waals surface area contributed by atoms with Crippen molar-refractivity contribution in [2.45, 2.75) is 126 Å². The number of hydrogen-bond donors (Lipinski definition) is 4. The van der Waals surface area contributed by atoms with Crippen LogP contribution in [0.2, 0.25) is 0 Å². The molecule has 4 aromatic carbocycles. The molecule has 2 heterocycles. The summed E-state index contributed by atoms with van der Waals surface area (Å²) in [6, 6.07) is 15.4. The first-order valence-electron chi connectivity index (χ1n) is 22.3. The predicted molar refractivity (Wildman–Crippen MR) is 257 cm³/mol. The molecule has 350 valence electrons. The van der Waals surface area contributed by atoms with Gasteiger partial charge in [0.05, 0.1) is 16.1 Å². The summed E-state index contributed by atoms with van der Waals surface area (Å²) in [5.74, 6) is -1.30. The zero-order valence-electron chi connectivity index (χ0n) is 37.7. The molecule has 0 aliphatic carbocycles. The molecule has 2 unspecified atom stereocenters. The normalized spacial score (nSPS) is 19.8. The lowest BCUT2D eigenvalue weighted by Crippen LogP contribution is -2.31. The van der Waals surface area contributed by atoms with Crippen LogP contribution in [0.3, 0.4) is 0 Å².